The summed E-state index contributed by atoms with van der Waals surface area (Å²) in [6.07, 6.45) is 0.491. The van der Waals surface area contributed by atoms with Gasteiger partial charge in [0.05, 0.1) is 19.7 Å². The van der Waals surface area contributed by atoms with Gasteiger partial charge in [-0.1, -0.05) is 36.4 Å². The quantitative estimate of drug-likeness (QED) is 0.564. The number of rotatable bonds is 10. The highest BCUT2D eigenvalue weighted by atomic mass is 16.5. The predicted molar refractivity (Wildman–Crippen MR) is 113 cm³/mol. The topological polar surface area (TPSA) is 105 Å². The van der Waals surface area contributed by atoms with Crippen LogP contribution in [0.4, 0.5) is 0 Å². The van der Waals surface area contributed by atoms with Gasteiger partial charge in [-0.15, -0.1) is 0 Å². The summed E-state index contributed by atoms with van der Waals surface area (Å²) in [6, 6.07) is 17.4. The second-order valence-electron chi connectivity index (χ2n) is 7.23. The fourth-order valence-corrected chi connectivity index (χ4v) is 3.39. The van der Waals surface area contributed by atoms with Gasteiger partial charge in [-0.25, -0.2) is 4.79 Å². The lowest BCUT2D eigenvalue weighted by Crippen LogP contribution is -2.45. The van der Waals surface area contributed by atoms with E-state index in [1.54, 1.807) is 12.1 Å². The normalized spacial score (nSPS) is 17.7. The number of hydrogen-bond donors (Lipinski definition) is 2. The van der Waals surface area contributed by atoms with Crippen LogP contribution in [-0.4, -0.2) is 59.6 Å². The van der Waals surface area contributed by atoms with Gasteiger partial charge < -0.3 is 24.8 Å². The van der Waals surface area contributed by atoms with E-state index >= 15 is 0 Å². The van der Waals surface area contributed by atoms with Gasteiger partial charge in [0.2, 0.25) is 11.8 Å². The van der Waals surface area contributed by atoms with Crippen LogP contribution in [0.5, 0.6) is 11.5 Å². The molecule has 2 unspecified atom stereocenters. The zero-order valence-electron chi connectivity index (χ0n) is 17.1. The van der Waals surface area contributed by atoms with E-state index in [1.165, 1.54) is 4.90 Å². The maximum atomic E-state index is 12.5. The van der Waals surface area contributed by atoms with Crippen LogP contribution in [0.15, 0.2) is 60.7 Å². The number of likely N-dealkylation sites (tertiary alicyclic amines) is 1. The third-order valence-electron chi connectivity index (χ3n) is 4.91. The molecule has 8 nitrogen and oxygen atoms in total. The van der Waals surface area contributed by atoms with Crippen LogP contribution >= 0.6 is 0 Å². The highest BCUT2D eigenvalue weighted by molar-refractivity contribution is 5.88. The lowest BCUT2D eigenvalue weighted by atomic mass is 10.2. The maximum Gasteiger partial charge on any atom is 0.326 e. The largest absolute Gasteiger partial charge is 0.494 e. The number of benzene rings is 2. The monoisotopic (exact) mass is 426 g/mol. The molecule has 0 bridgehead atoms. The Morgan fingerprint density at radius 1 is 1.00 bits per heavy atom. The third-order valence-corrected chi connectivity index (χ3v) is 4.91. The fourth-order valence-electron chi connectivity index (χ4n) is 3.39. The molecule has 2 N–H and O–H groups in total. The van der Waals surface area contributed by atoms with Crippen LogP contribution in [0.3, 0.4) is 0 Å². The number of carbonyl (C=O) groups excluding carboxylic acids is 2. The molecule has 8 heteroatoms. The first-order valence-electron chi connectivity index (χ1n) is 10.2. The molecule has 0 aromatic heterocycles. The summed E-state index contributed by atoms with van der Waals surface area (Å²) < 4.78 is 11.3. The molecule has 0 spiro atoms. The lowest BCUT2D eigenvalue weighted by molar-refractivity contribution is -0.148. The molecule has 0 aliphatic carbocycles. The second kappa shape index (κ2) is 11.0. The lowest BCUT2D eigenvalue weighted by Gasteiger charge is -2.21. The van der Waals surface area contributed by atoms with E-state index in [0.717, 1.165) is 5.75 Å². The van der Waals surface area contributed by atoms with Crippen molar-refractivity contribution in [3.63, 3.8) is 0 Å². The van der Waals surface area contributed by atoms with E-state index in [0.29, 0.717) is 18.8 Å². The van der Waals surface area contributed by atoms with Gasteiger partial charge >= 0.3 is 5.97 Å². The third kappa shape index (κ3) is 6.74. The van der Waals surface area contributed by atoms with Gasteiger partial charge in [0.1, 0.15) is 23.6 Å². The molecule has 1 saturated heterocycles. The molecule has 0 radical (unpaired) electrons. The Kier molecular flexibility index (Phi) is 7.86. The minimum Gasteiger partial charge on any atom is -0.494 e. The number of nitrogens with zero attached hydrogens (tertiary/aromatic N) is 1. The molecular weight excluding hydrogens is 400 g/mol. The average molecular weight is 426 g/mol. The van der Waals surface area contributed by atoms with Crippen LogP contribution in [0.25, 0.3) is 0 Å². The van der Waals surface area contributed by atoms with E-state index in [1.807, 2.05) is 48.5 Å². The summed E-state index contributed by atoms with van der Waals surface area (Å²) in [6.45, 7) is 0.294. The molecule has 2 aromatic carbocycles. The molecule has 1 heterocycles. The fraction of sp³-hybridized carbons (Fsp3) is 0.348. The van der Waals surface area contributed by atoms with E-state index in [2.05, 4.69) is 5.32 Å². The van der Waals surface area contributed by atoms with E-state index < -0.39 is 24.0 Å². The van der Waals surface area contributed by atoms with Crippen molar-refractivity contribution in [2.75, 3.05) is 19.7 Å². The summed E-state index contributed by atoms with van der Waals surface area (Å²) in [5.41, 5.74) is 0. The highest BCUT2D eigenvalue weighted by Gasteiger charge is 2.40. The number of carboxylic acids is 1. The summed E-state index contributed by atoms with van der Waals surface area (Å²) in [5, 5.41) is 12.0. The SMILES string of the molecule is O=C(CCCOc1ccccc1)NCC(=O)N1CC(Oc2ccccc2)CC1C(=O)O. The van der Waals surface area contributed by atoms with Gasteiger partial charge in [0.25, 0.3) is 0 Å². The van der Waals surface area contributed by atoms with Crippen molar-refractivity contribution in [1.82, 2.24) is 10.2 Å². The predicted octanol–water partition coefficient (Wildman–Crippen LogP) is 2.09. The number of carbonyl (C=O) groups is 3. The Morgan fingerprint density at radius 2 is 1.65 bits per heavy atom. The van der Waals surface area contributed by atoms with Crippen molar-refractivity contribution in [3.05, 3.63) is 60.7 Å². The van der Waals surface area contributed by atoms with Gasteiger partial charge in [-0.05, 0) is 30.7 Å². The number of nitrogens with one attached hydrogen (secondary N) is 1. The van der Waals surface area contributed by atoms with Crippen molar-refractivity contribution in [2.24, 2.45) is 0 Å². The molecular formula is C23H26N2O6. The van der Waals surface area contributed by atoms with Crippen molar-refractivity contribution < 1.29 is 29.0 Å². The molecule has 1 aliphatic heterocycles. The molecule has 3 rings (SSSR count). The van der Waals surface area contributed by atoms with Gasteiger partial charge in [0.15, 0.2) is 0 Å². The van der Waals surface area contributed by atoms with Crippen LogP contribution in [0, 0.1) is 0 Å². The number of carboxylic acid groups (broad SMARTS) is 1. The first kappa shape index (κ1) is 22.1. The van der Waals surface area contributed by atoms with Crippen LogP contribution in [-0.2, 0) is 14.4 Å². The molecule has 1 aliphatic rings. The number of para-hydroxylation sites is 2. The Hall–Kier alpha value is -3.55. The smallest absolute Gasteiger partial charge is 0.326 e. The van der Waals surface area contributed by atoms with Crippen LogP contribution in [0.2, 0.25) is 0 Å². The van der Waals surface area contributed by atoms with E-state index in [-0.39, 0.29) is 31.8 Å². The second-order valence-corrected chi connectivity index (χ2v) is 7.23. The standard InChI is InChI=1S/C23H26N2O6/c26-21(12-7-13-30-17-8-3-1-4-9-17)24-15-22(27)25-16-19(14-20(25)23(28)29)31-18-10-5-2-6-11-18/h1-6,8-11,19-20H,7,12-16H2,(H,24,26)(H,28,29). The maximum absolute atomic E-state index is 12.5. The average Bonchev–Trinajstić information content (AvgIpc) is 3.21. The Bertz CT molecular complexity index is 874. The van der Waals surface area contributed by atoms with E-state index in [4.69, 9.17) is 9.47 Å². The van der Waals surface area contributed by atoms with Gasteiger partial charge in [0, 0.05) is 12.8 Å². The zero-order valence-corrected chi connectivity index (χ0v) is 17.1. The molecule has 2 atom stereocenters. The van der Waals surface area contributed by atoms with Gasteiger partial charge in [-0.3, -0.25) is 9.59 Å². The molecule has 0 saturated carbocycles. The highest BCUT2D eigenvalue weighted by Crippen LogP contribution is 2.23. The summed E-state index contributed by atoms with van der Waals surface area (Å²) in [7, 11) is 0. The van der Waals surface area contributed by atoms with Crippen molar-refractivity contribution in [2.45, 2.75) is 31.4 Å². The Morgan fingerprint density at radius 3 is 2.29 bits per heavy atom. The summed E-state index contributed by atoms with van der Waals surface area (Å²) in [4.78, 5) is 37.4. The first-order valence-corrected chi connectivity index (χ1v) is 10.2. The first-order chi connectivity index (χ1) is 15.0. The Balaban J connectivity index is 1.41. The summed E-state index contributed by atoms with van der Waals surface area (Å²) in [5.74, 6) is -0.457. The number of hydrogen-bond acceptors (Lipinski definition) is 5. The van der Waals surface area contributed by atoms with Crippen molar-refractivity contribution in [1.29, 1.82) is 0 Å². The number of aliphatic carboxylic acids is 1. The number of ether oxygens (including phenoxy) is 2. The Labute approximate surface area is 180 Å². The molecule has 164 valence electrons. The van der Waals surface area contributed by atoms with Crippen molar-refractivity contribution in [3.8, 4) is 11.5 Å². The molecule has 2 aromatic rings. The van der Waals surface area contributed by atoms with Crippen molar-refractivity contribution >= 4 is 17.8 Å². The van der Waals surface area contributed by atoms with E-state index in [9.17, 15) is 19.5 Å². The van der Waals surface area contributed by atoms with Crippen LogP contribution < -0.4 is 14.8 Å². The minimum absolute atomic E-state index is 0.158. The minimum atomic E-state index is -1.09. The zero-order chi connectivity index (χ0) is 22.1. The summed E-state index contributed by atoms with van der Waals surface area (Å²) >= 11 is 0. The van der Waals surface area contributed by atoms with Gasteiger partial charge in [-0.2, -0.15) is 0 Å². The molecule has 1 fully saturated rings. The number of amides is 2. The van der Waals surface area contributed by atoms with Crippen LogP contribution in [0.1, 0.15) is 19.3 Å². The molecule has 31 heavy (non-hydrogen) atoms. The molecule has 2 amide bonds.